The van der Waals surface area contributed by atoms with Gasteiger partial charge in [-0.25, -0.2) is 8.42 Å². The molecule has 0 aliphatic rings. The fourth-order valence-corrected chi connectivity index (χ4v) is 2.09. The zero-order chi connectivity index (χ0) is 12.0. The average Bonchev–Trinajstić information content (AvgIpc) is 2.25. The third-order valence-corrected chi connectivity index (χ3v) is 3.65. The van der Waals surface area contributed by atoms with E-state index in [0.29, 0.717) is 6.61 Å². The van der Waals surface area contributed by atoms with Crippen molar-refractivity contribution in [2.24, 2.45) is 0 Å². The molecule has 0 heterocycles. The standard InChI is InChI=1S/C10H14BrNO3S/c1-2-3-8-15-12-16(13,14)10-6-4-9(11)5-7-10/h4-7,12H,2-3,8H2,1H3. The first kappa shape index (κ1) is 13.6. The Labute approximate surface area is 104 Å². The fourth-order valence-electron chi connectivity index (χ4n) is 0.998. The molecule has 6 heteroatoms. The second-order valence-corrected chi connectivity index (χ2v) is 5.80. The minimum Gasteiger partial charge on any atom is -0.287 e. The van der Waals surface area contributed by atoms with E-state index in [4.69, 9.17) is 4.84 Å². The van der Waals surface area contributed by atoms with Crippen LogP contribution in [-0.4, -0.2) is 15.0 Å². The summed E-state index contributed by atoms with van der Waals surface area (Å²) >= 11 is 3.24. The van der Waals surface area contributed by atoms with Crippen molar-refractivity contribution in [1.82, 2.24) is 4.89 Å². The second kappa shape index (κ2) is 6.34. The molecule has 1 N–H and O–H groups in total. The van der Waals surface area contributed by atoms with Crippen LogP contribution in [0, 0.1) is 0 Å². The van der Waals surface area contributed by atoms with Gasteiger partial charge in [-0.3, -0.25) is 4.84 Å². The van der Waals surface area contributed by atoms with Crippen molar-refractivity contribution in [3.8, 4) is 0 Å². The maximum atomic E-state index is 11.7. The van der Waals surface area contributed by atoms with E-state index >= 15 is 0 Å². The molecule has 90 valence electrons. The summed E-state index contributed by atoms with van der Waals surface area (Å²) < 4.78 is 24.1. The summed E-state index contributed by atoms with van der Waals surface area (Å²) in [5.41, 5.74) is 0. The van der Waals surface area contributed by atoms with E-state index in [1.807, 2.05) is 6.92 Å². The van der Waals surface area contributed by atoms with Crippen molar-refractivity contribution in [3.05, 3.63) is 28.7 Å². The van der Waals surface area contributed by atoms with Gasteiger partial charge < -0.3 is 0 Å². The van der Waals surface area contributed by atoms with Crippen LogP contribution in [0.5, 0.6) is 0 Å². The van der Waals surface area contributed by atoms with Crippen molar-refractivity contribution >= 4 is 26.0 Å². The summed E-state index contributed by atoms with van der Waals surface area (Å²) in [5, 5.41) is 0. The van der Waals surface area contributed by atoms with Crippen molar-refractivity contribution in [2.45, 2.75) is 24.7 Å². The first-order valence-corrected chi connectivity index (χ1v) is 7.23. The van der Waals surface area contributed by atoms with Crippen LogP contribution in [0.25, 0.3) is 0 Å². The first-order chi connectivity index (χ1) is 7.56. The molecule has 0 fully saturated rings. The Morgan fingerprint density at radius 1 is 1.31 bits per heavy atom. The van der Waals surface area contributed by atoms with E-state index in [1.54, 1.807) is 12.1 Å². The van der Waals surface area contributed by atoms with Gasteiger partial charge in [-0.2, -0.15) is 0 Å². The Hall–Kier alpha value is -0.430. The lowest BCUT2D eigenvalue weighted by Gasteiger charge is -2.06. The van der Waals surface area contributed by atoms with Crippen LogP contribution in [-0.2, 0) is 14.9 Å². The van der Waals surface area contributed by atoms with E-state index in [9.17, 15) is 8.42 Å². The molecule has 0 spiro atoms. The van der Waals surface area contributed by atoms with Crippen LogP contribution < -0.4 is 4.89 Å². The maximum absolute atomic E-state index is 11.7. The van der Waals surface area contributed by atoms with Gasteiger partial charge in [-0.05, 0) is 30.7 Å². The van der Waals surface area contributed by atoms with Crippen molar-refractivity contribution in [2.75, 3.05) is 6.61 Å². The molecule has 0 amide bonds. The van der Waals surface area contributed by atoms with Crippen LogP contribution >= 0.6 is 15.9 Å². The molecular weight excluding hydrogens is 294 g/mol. The molecule has 1 rings (SSSR count). The van der Waals surface area contributed by atoms with Crippen LogP contribution in [0.2, 0.25) is 0 Å². The van der Waals surface area contributed by atoms with E-state index < -0.39 is 10.0 Å². The summed E-state index contributed by atoms with van der Waals surface area (Å²) in [6.07, 6.45) is 1.78. The largest absolute Gasteiger partial charge is 0.287 e. The van der Waals surface area contributed by atoms with Gasteiger partial charge >= 0.3 is 0 Å². The number of hydrogen-bond acceptors (Lipinski definition) is 3. The SMILES string of the molecule is CCCCONS(=O)(=O)c1ccc(Br)cc1. The van der Waals surface area contributed by atoms with Crippen molar-refractivity contribution in [1.29, 1.82) is 0 Å². The number of sulfonamides is 1. The third-order valence-electron chi connectivity index (χ3n) is 1.89. The monoisotopic (exact) mass is 307 g/mol. The van der Waals surface area contributed by atoms with E-state index in [2.05, 4.69) is 20.8 Å². The van der Waals surface area contributed by atoms with Gasteiger partial charge in [0.15, 0.2) is 0 Å². The van der Waals surface area contributed by atoms with Gasteiger partial charge in [0.25, 0.3) is 10.0 Å². The highest BCUT2D eigenvalue weighted by atomic mass is 79.9. The quantitative estimate of drug-likeness (QED) is 0.649. The van der Waals surface area contributed by atoms with Gasteiger partial charge in [-0.1, -0.05) is 34.2 Å². The maximum Gasteiger partial charge on any atom is 0.262 e. The Kier molecular flexibility index (Phi) is 5.40. The molecule has 0 aliphatic carbocycles. The Balaban J connectivity index is 2.60. The number of benzene rings is 1. The molecule has 0 saturated carbocycles. The predicted molar refractivity (Wildman–Crippen MR) is 65.3 cm³/mol. The summed E-state index contributed by atoms with van der Waals surface area (Å²) in [7, 11) is -3.55. The lowest BCUT2D eigenvalue weighted by atomic mass is 10.4. The molecule has 0 bridgehead atoms. The molecule has 0 aromatic heterocycles. The smallest absolute Gasteiger partial charge is 0.262 e. The topological polar surface area (TPSA) is 55.4 Å². The lowest BCUT2D eigenvalue weighted by molar-refractivity contribution is 0.0908. The zero-order valence-electron chi connectivity index (χ0n) is 8.94. The summed E-state index contributed by atoms with van der Waals surface area (Å²) in [4.78, 5) is 7.15. The normalized spacial score (nSPS) is 11.6. The average molecular weight is 308 g/mol. The molecule has 0 radical (unpaired) electrons. The predicted octanol–water partition coefficient (Wildman–Crippen LogP) is 2.46. The minimum atomic E-state index is -3.55. The minimum absolute atomic E-state index is 0.187. The second-order valence-electron chi connectivity index (χ2n) is 3.24. The van der Waals surface area contributed by atoms with Gasteiger partial charge in [0.2, 0.25) is 0 Å². The van der Waals surface area contributed by atoms with Crippen LogP contribution in [0.1, 0.15) is 19.8 Å². The van der Waals surface area contributed by atoms with E-state index in [0.717, 1.165) is 17.3 Å². The molecule has 0 aliphatic heterocycles. The third kappa shape index (κ3) is 4.21. The molecule has 1 aromatic rings. The lowest BCUT2D eigenvalue weighted by Crippen LogP contribution is -2.24. The van der Waals surface area contributed by atoms with Crippen molar-refractivity contribution in [3.63, 3.8) is 0 Å². The van der Waals surface area contributed by atoms with Crippen LogP contribution in [0.4, 0.5) is 0 Å². The number of hydrogen-bond donors (Lipinski definition) is 1. The van der Waals surface area contributed by atoms with E-state index in [1.165, 1.54) is 12.1 Å². The van der Waals surface area contributed by atoms with Gasteiger partial charge in [-0.15, -0.1) is 0 Å². The summed E-state index contributed by atoms with van der Waals surface area (Å²) in [6, 6.07) is 6.35. The number of rotatable bonds is 6. The number of unbranched alkanes of at least 4 members (excludes halogenated alkanes) is 1. The first-order valence-electron chi connectivity index (χ1n) is 4.95. The molecule has 4 nitrogen and oxygen atoms in total. The van der Waals surface area contributed by atoms with Gasteiger partial charge in [0.1, 0.15) is 0 Å². The summed E-state index contributed by atoms with van der Waals surface area (Å²) in [5.74, 6) is 0. The Bertz CT molecular complexity index is 416. The van der Waals surface area contributed by atoms with Gasteiger partial charge in [0.05, 0.1) is 11.5 Å². The number of halogens is 1. The molecule has 0 saturated heterocycles. The number of nitrogens with one attached hydrogen (secondary N) is 1. The Morgan fingerprint density at radius 3 is 2.50 bits per heavy atom. The van der Waals surface area contributed by atoms with Crippen LogP contribution in [0.15, 0.2) is 33.6 Å². The molecule has 0 atom stereocenters. The fraction of sp³-hybridized carbons (Fsp3) is 0.400. The Morgan fingerprint density at radius 2 is 1.94 bits per heavy atom. The molecule has 0 unspecified atom stereocenters. The molecule has 1 aromatic carbocycles. The zero-order valence-corrected chi connectivity index (χ0v) is 11.3. The highest BCUT2D eigenvalue weighted by molar-refractivity contribution is 9.10. The highest BCUT2D eigenvalue weighted by Crippen LogP contribution is 2.14. The molecule has 16 heavy (non-hydrogen) atoms. The van der Waals surface area contributed by atoms with Crippen LogP contribution in [0.3, 0.4) is 0 Å². The summed E-state index contributed by atoms with van der Waals surface area (Å²) in [6.45, 7) is 2.39. The molecular formula is C10H14BrNO3S. The van der Waals surface area contributed by atoms with E-state index in [-0.39, 0.29) is 4.90 Å². The highest BCUT2D eigenvalue weighted by Gasteiger charge is 2.13. The van der Waals surface area contributed by atoms with Crippen molar-refractivity contribution < 1.29 is 13.3 Å². The van der Waals surface area contributed by atoms with Gasteiger partial charge in [0, 0.05) is 4.47 Å².